The molecule has 0 radical (unpaired) electrons. The molecule has 2 atom stereocenters. The monoisotopic (exact) mass is 476 g/mol. The third kappa shape index (κ3) is 8.95. The predicted octanol–water partition coefficient (Wildman–Crippen LogP) is 0.965. The van der Waals surface area contributed by atoms with Crippen molar-refractivity contribution in [2.45, 2.75) is 26.0 Å². The summed E-state index contributed by atoms with van der Waals surface area (Å²) in [6, 6.07) is 12.1. The summed E-state index contributed by atoms with van der Waals surface area (Å²) in [5.41, 5.74) is 3.73. The second-order valence-corrected chi connectivity index (χ2v) is 7.70. The highest BCUT2D eigenvalue weighted by Crippen LogP contribution is 2.09. The molecular formula is C26H28N4O5. The van der Waals surface area contributed by atoms with Crippen LogP contribution in [0.4, 0.5) is 5.69 Å². The molecule has 0 fully saturated rings. The summed E-state index contributed by atoms with van der Waals surface area (Å²) >= 11 is 0. The van der Waals surface area contributed by atoms with Gasteiger partial charge >= 0.3 is 0 Å². The minimum atomic E-state index is -1.30. The first-order chi connectivity index (χ1) is 16.7. The molecule has 0 aliphatic rings. The van der Waals surface area contributed by atoms with Crippen molar-refractivity contribution in [1.29, 1.82) is 0 Å². The zero-order chi connectivity index (χ0) is 25.8. The van der Waals surface area contributed by atoms with Crippen LogP contribution in [0, 0.1) is 23.7 Å². The van der Waals surface area contributed by atoms with E-state index in [1.54, 1.807) is 36.4 Å². The van der Waals surface area contributed by atoms with E-state index in [-0.39, 0.29) is 11.5 Å². The number of hydroxylamine groups is 1. The summed E-state index contributed by atoms with van der Waals surface area (Å²) in [6.45, 7) is 4.41. The Balaban J connectivity index is 1.95. The fraction of sp³-hybridized carbons (Fsp3) is 0.269. The van der Waals surface area contributed by atoms with Crippen LogP contribution in [0.3, 0.4) is 0 Å². The van der Waals surface area contributed by atoms with Gasteiger partial charge in [-0.05, 0) is 80.9 Å². The van der Waals surface area contributed by atoms with E-state index in [2.05, 4.69) is 34.3 Å². The van der Waals surface area contributed by atoms with Gasteiger partial charge in [-0.1, -0.05) is 18.8 Å². The molecule has 0 heterocycles. The van der Waals surface area contributed by atoms with Gasteiger partial charge in [0.1, 0.15) is 6.04 Å². The quantitative estimate of drug-likeness (QED) is 0.219. The number of nitrogens with zero attached hydrogens (tertiary/aromatic N) is 1. The largest absolute Gasteiger partial charge is 0.391 e. The second-order valence-electron chi connectivity index (χ2n) is 7.70. The lowest BCUT2D eigenvalue weighted by Crippen LogP contribution is -2.51. The van der Waals surface area contributed by atoms with Gasteiger partial charge in [0.2, 0.25) is 5.91 Å². The summed E-state index contributed by atoms with van der Waals surface area (Å²) < 4.78 is 0. The maximum atomic E-state index is 12.3. The van der Waals surface area contributed by atoms with Crippen LogP contribution in [0.5, 0.6) is 0 Å². The molecule has 0 saturated carbocycles. The van der Waals surface area contributed by atoms with Crippen LogP contribution < -0.4 is 16.1 Å². The molecule has 2 rings (SSSR count). The van der Waals surface area contributed by atoms with Crippen LogP contribution in [-0.4, -0.2) is 65.2 Å². The molecule has 2 aromatic rings. The molecule has 0 spiro atoms. The van der Waals surface area contributed by atoms with Crippen molar-refractivity contribution < 1.29 is 24.7 Å². The lowest BCUT2D eigenvalue weighted by atomic mass is 10.1. The van der Waals surface area contributed by atoms with E-state index >= 15 is 0 Å². The molecule has 35 heavy (non-hydrogen) atoms. The van der Waals surface area contributed by atoms with Crippen molar-refractivity contribution >= 4 is 23.4 Å². The Bertz CT molecular complexity index is 1150. The van der Waals surface area contributed by atoms with Crippen molar-refractivity contribution in [3.63, 3.8) is 0 Å². The lowest BCUT2D eigenvalue weighted by molar-refractivity contribution is -0.133. The van der Waals surface area contributed by atoms with E-state index in [1.165, 1.54) is 24.5 Å². The van der Waals surface area contributed by atoms with E-state index in [1.807, 2.05) is 18.9 Å². The Morgan fingerprint density at radius 2 is 1.51 bits per heavy atom. The van der Waals surface area contributed by atoms with Crippen LogP contribution in [0.15, 0.2) is 48.5 Å². The van der Waals surface area contributed by atoms with Crippen molar-refractivity contribution in [3.05, 3.63) is 65.2 Å². The van der Waals surface area contributed by atoms with Gasteiger partial charge in [-0.15, -0.1) is 0 Å². The topological polar surface area (TPSA) is 131 Å². The first-order valence-corrected chi connectivity index (χ1v) is 10.9. The number of carbonyl (C=O) groups is 3. The number of rotatable bonds is 8. The first-order valence-electron chi connectivity index (χ1n) is 10.9. The molecule has 0 aliphatic heterocycles. The van der Waals surface area contributed by atoms with E-state index in [0.717, 1.165) is 12.1 Å². The Morgan fingerprint density at radius 1 is 0.971 bits per heavy atom. The molecule has 3 amide bonds. The highest BCUT2D eigenvalue weighted by atomic mass is 16.5. The first kappa shape index (κ1) is 27.1. The normalized spacial score (nSPS) is 11.7. The number of likely N-dealkylation sites (N-methyl/N-ethyl adjacent to an activating group) is 1. The standard InChI is InChI=1S/C26H28N4O5/c1-4-30(3)17-23(32)27-22-15-11-20(12-16-22)8-6-5-7-19-9-13-21(14-10-19)25(33)28-24(18(2)31)26(34)29-35/h9-16,18,24,31,35H,4,17H2,1-3H3,(H,27,32)(H,28,33)(H,29,34). The predicted molar refractivity (Wildman–Crippen MR) is 131 cm³/mol. The summed E-state index contributed by atoms with van der Waals surface area (Å²) in [5.74, 6) is 9.71. The van der Waals surface area contributed by atoms with Gasteiger partial charge in [0.15, 0.2) is 0 Å². The number of nitrogens with one attached hydrogen (secondary N) is 3. The summed E-state index contributed by atoms with van der Waals surface area (Å²) in [4.78, 5) is 37.7. The van der Waals surface area contributed by atoms with Crippen molar-refractivity contribution in [2.24, 2.45) is 0 Å². The van der Waals surface area contributed by atoms with Gasteiger partial charge in [-0.3, -0.25) is 24.5 Å². The van der Waals surface area contributed by atoms with Crippen LogP contribution in [-0.2, 0) is 9.59 Å². The van der Waals surface area contributed by atoms with Crippen molar-refractivity contribution in [2.75, 3.05) is 25.5 Å². The summed E-state index contributed by atoms with van der Waals surface area (Å²) in [6.07, 6.45) is -1.20. The van der Waals surface area contributed by atoms with Gasteiger partial charge in [0.05, 0.1) is 12.6 Å². The molecule has 9 heteroatoms. The molecule has 0 bridgehead atoms. The number of aliphatic hydroxyl groups is 1. The van der Waals surface area contributed by atoms with Gasteiger partial charge in [-0.25, -0.2) is 5.48 Å². The van der Waals surface area contributed by atoms with Crippen LogP contribution >= 0.6 is 0 Å². The minimum absolute atomic E-state index is 0.0824. The van der Waals surface area contributed by atoms with Crippen LogP contribution in [0.2, 0.25) is 0 Å². The molecule has 182 valence electrons. The maximum absolute atomic E-state index is 12.3. The average Bonchev–Trinajstić information content (AvgIpc) is 2.85. The smallest absolute Gasteiger partial charge is 0.268 e. The van der Waals surface area contributed by atoms with Crippen molar-refractivity contribution in [3.8, 4) is 23.7 Å². The zero-order valence-corrected chi connectivity index (χ0v) is 19.8. The van der Waals surface area contributed by atoms with Gasteiger partial charge in [-0.2, -0.15) is 0 Å². The third-order valence-electron chi connectivity index (χ3n) is 4.91. The third-order valence-corrected chi connectivity index (χ3v) is 4.91. The van der Waals surface area contributed by atoms with Crippen molar-refractivity contribution in [1.82, 2.24) is 15.7 Å². The SMILES string of the molecule is CCN(C)CC(=O)Nc1ccc(C#CC#Cc2ccc(C(=O)NC(C(=O)NO)C(C)O)cc2)cc1. The van der Waals surface area contributed by atoms with E-state index in [0.29, 0.717) is 17.8 Å². The lowest BCUT2D eigenvalue weighted by Gasteiger charge is -2.19. The van der Waals surface area contributed by atoms with E-state index < -0.39 is 24.0 Å². The van der Waals surface area contributed by atoms with Gasteiger partial charge in [0.25, 0.3) is 11.8 Å². The van der Waals surface area contributed by atoms with Crippen LogP contribution in [0.25, 0.3) is 0 Å². The number of aliphatic hydroxyl groups excluding tert-OH is 1. The fourth-order valence-corrected chi connectivity index (χ4v) is 2.81. The fourth-order valence-electron chi connectivity index (χ4n) is 2.81. The Morgan fingerprint density at radius 3 is 2.00 bits per heavy atom. The molecule has 9 nitrogen and oxygen atoms in total. The van der Waals surface area contributed by atoms with Gasteiger partial charge in [0, 0.05) is 22.4 Å². The average molecular weight is 477 g/mol. The molecule has 0 aliphatic carbocycles. The van der Waals surface area contributed by atoms with E-state index in [9.17, 15) is 19.5 Å². The summed E-state index contributed by atoms with van der Waals surface area (Å²) in [5, 5.41) is 23.5. The number of anilines is 1. The zero-order valence-electron chi connectivity index (χ0n) is 19.8. The molecule has 2 unspecified atom stereocenters. The van der Waals surface area contributed by atoms with Gasteiger partial charge < -0.3 is 15.7 Å². The Kier molecular flexibility index (Phi) is 10.5. The van der Waals surface area contributed by atoms with E-state index in [4.69, 9.17) is 5.21 Å². The Hall–Kier alpha value is -4.15. The molecule has 0 saturated heterocycles. The summed E-state index contributed by atoms with van der Waals surface area (Å²) in [7, 11) is 1.88. The highest BCUT2D eigenvalue weighted by Gasteiger charge is 2.25. The molecule has 2 aromatic carbocycles. The highest BCUT2D eigenvalue weighted by molar-refractivity contribution is 5.97. The minimum Gasteiger partial charge on any atom is -0.391 e. The number of amides is 3. The number of carbonyl (C=O) groups excluding carboxylic acids is 3. The Labute approximate surface area is 204 Å². The number of benzene rings is 2. The molecular weight excluding hydrogens is 448 g/mol. The second kappa shape index (κ2) is 13.5. The number of hydrogen-bond acceptors (Lipinski definition) is 6. The maximum Gasteiger partial charge on any atom is 0.268 e. The number of hydrogen-bond donors (Lipinski definition) is 5. The molecule has 0 aromatic heterocycles. The molecule has 5 N–H and O–H groups in total. The van der Waals surface area contributed by atoms with Crippen LogP contribution in [0.1, 0.15) is 35.3 Å².